The van der Waals surface area contributed by atoms with Gasteiger partial charge in [-0.25, -0.2) is 0 Å². The minimum Gasteiger partial charge on any atom is -0.479 e. The van der Waals surface area contributed by atoms with E-state index in [4.69, 9.17) is 9.47 Å². The standard InChI is InChI=1S/C20H21N3O6/c1-13-20(27)23(14-6-3-4-8-16(14)29-13)11-9-18(25)28-12-17(24)21-19(26)15-7-5-10-22(15)2/h3-8,10,13H,9,11-12H2,1-2H3,(H,21,24,26). The molecule has 0 radical (unpaired) electrons. The number of benzene rings is 1. The second-order valence-electron chi connectivity index (χ2n) is 6.51. The van der Waals surface area contributed by atoms with Crippen LogP contribution in [0.3, 0.4) is 0 Å². The van der Waals surface area contributed by atoms with Crippen molar-refractivity contribution in [2.24, 2.45) is 7.05 Å². The summed E-state index contributed by atoms with van der Waals surface area (Å²) in [5.74, 6) is -1.67. The highest BCUT2D eigenvalue weighted by molar-refractivity contribution is 6.04. The van der Waals surface area contributed by atoms with Crippen molar-refractivity contribution in [3.8, 4) is 5.75 Å². The Morgan fingerprint density at radius 3 is 2.66 bits per heavy atom. The van der Waals surface area contributed by atoms with Crippen LogP contribution in [0.25, 0.3) is 0 Å². The van der Waals surface area contributed by atoms with Crippen molar-refractivity contribution in [1.82, 2.24) is 9.88 Å². The first kappa shape index (κ1) is 20.1. The van der Waals surface area contributed by atoms with Crippen molar-refractivity contribution in [2.75, 3.05) is 18.1 Å². The maximum Gasteiger partial charge on any atom is 0.308 e. The van der Waals surface area contributed by atoms with Gasteiger partial charge in [0.15, 0.2) is 12.7 Å². The van der Waals surface area contributed by atoms with Gasteiger partial charge in [-0.1, -0.05) is 12.1 Å². The number of fused-ring (bicyclic) bond motifs is 1. The second kappa shape index (κ2) is 8.59. The van der Waals surface area contributed by atoms with Crippen LogP contribution < -0.4 is 15.0 Å². The first-order valence-corrected chi connectivity index (χ1v) is 9.05. The van der Waals surface area contributed by atoms with Gasteiger partial charge >= 0.3 is 5.97 Å². The van der Waals surface area contributed by atoms with Gasteiger partial charge in [0.2, 0.25) is 0 Å². The monoisotopic (exact) mass is 399 g/mol. The van der Waals surface area contributed by atoms with Crippen molar-refractivity contribution in [2.45, 2.75) is 19.4 Å². The average Bonchev–Trinajstić information content (AvgIpc) is 3.13. The summed E-state index contributed by atoms with van der Waals surface area (Å²) in [6.07, 6.45) is 0.909. The molecule has 0 fully saturated rings. The number of carbonyl (C=O) groups excluding carboxylic acids is 4. The molecular formula is C20H21N3O6. The topological polar surface area (TPSA) is 107 Å². The summed E-state index contributed by atoms with van der Waals surface area (Å²) in [7, 11) is 1.67. The van der Waals surface area contributed by atoms with E-state index in [1.54, 1.807) is 61.1 Å². The molecule has 0 saturated carbocycles. The van der Waals surface area contributed by atoms with Crippen LogP contribution in [0.5, 0.6) is 5.75 Å². The lowest BCUT2D eigenvalue weighted by atomic mass is 10.2. The van der Waals surface area contributed by atoms with Crippen molar-refractivity contribution >= 4 is 29.4 Å². The highest BCUT2D eigenvalue weighted by Crippen LogP contribution is 2.33. The number of nitrogens with one attached hydrogen (secondary N) is 1. The second-order valence-corrected chi connectivity index (χ2v) is 6.51. The quantitative estimate of drug-likeness (QED) is 0.727. The van der Waals surface area contributed by atoms with Crippen molar-refractivity contribution in [3.05, 3.63) is 48.3 Å². The van der Waals surface area contributed by atoms with Crippen molar-refractivity contribution < 1.29 is 28.7 Å². The first-order chi connectivity index (χ1) is 13.9. The highest BCUT2D eigenvalue weighted by atomic mass is 16.5. The maximum atomic E-state index is 12.4. The predicted octanol–water partition coefficient (Wildman–Crippen LogP) is 1.03. The SMILES string of the molecule is CC1Oc2ccccc2N(CCC(=O)OCC(=O)NC(=O)c2cccn2C)C1=O. The van der Waals surface area contributed by atoms with E-state index >= 15 is 0 Å². The van der Waals surface area contributed by atoms with Gasteiger partial charge in [0.25, 0.3) is 17.7 Å². The maximum absolute atomic E-state index is 12.4. The summed E-state index contributed by atoms with van der Waals surface area (Å²) in [6.45, 7) is 1.14. The summed E-state index contributed by atoms with van der Waals surface area (Å²) < 4.78 is 12.0. The summed E-state index contributed by atoms with van der Waals surface area (Å²) in [5.41, 5.74) is 0.887. The highest BCUT2D eigenvalue weighted by Gasteiger charge is 2.31. The predicted molar refractivity (Wildman–Crippen MR) is 102 cm³/mol. The molecule has 2 heterocycles. The lowest BCUT2D eigenvalue weighted by Crippen LogP contribution is -2.45. The van der Waals surface area contributed by atoms with E-state index < -0.39 is 30.5 Å². The number of rotatable bonds is 6. The molecule has 0 aliphatic carbocycles. The lowest BCUT2D eigenvalue weighted by molar-refractivity contribution is -0.148. The van der Waals surface area contributed by atoms with Crippen LogP contribution >= 0.6 is 0 Å². The van der Waals surface area contributed by atoms with E-state index in [0.717, 1.165) is 0 Å². The molecule has 0 bridgehead atoms. The third kappa shape index (κ3) is 4.63. The Morgan fingerprint density at radius 1 is 1.17 bits per heavy atom. The number of hydrogen-bond acceptors (Lipinski definition) is 6. The zero-order valence-corrected chi connectivity index (χ0v) is 16.1. The number of para-hydroxylation sites is 2. The van der Waals surface area contributed by atoms with Gasteiger partial charge in [0, 0.05) is 19.8 Å². The van der Waals surface area contributed by atoms with Crippen molar-refractivity contribution in [1.29, 1.82) is 0 Å². The molecule has 3 rings (SSSR count). The van der Waals surface area contributed by atoms with Crippen LogP contribution in [-0.4, -0.2) is 47.5 Å². The molecule has 3 amide bonds. The fraction of sp³-hybridized carbons (Fsp3) is 0.300. The van der Waals surface area contributed by atoms with E-state index in [1.165, 1.54) is 4.90 Å². The molecule has 0 saturated heterocycles. The van der Waals surface area contributed by atoms with Crippen LogP contribution in [-0.2, 0) is 26.2 Å². The Kier molecular flexibility index (Phi) is 5.96. The molecule has 1 N–H and O–H groups in total. The van der Waals surface area contributed by atoms with Gasteiger partial charge in [0.1, 0.15) is 11.4 Å². The van der Waals surface area contributed by atoms with Crippen molar-refractivity contribution in [3.63, 3.8) is 0 Å². The van der Waals surface area contributed by atoms with E-state index in [2.05, 4.69) is 5.32 Å². The fourth-order valence-corrected chi connectivity index (χ4v) is 2.93. The Bertz CT molecular complexity index is 951. The number of hydrogen-bond donors (Lipinski definition) is 1. The molecule has 1 aromatic carbocycles. The number of amides is 3. The Balaban J connectivity index is 1.49. The fourth-order valence-electron chi connectivity index (χ4n) is 2.93. The lowest BCUT2D eigenvalue weighted by Gasteiger charge is -2.32. The third-order valence-corrected chi connectivity index (χ3v) is 4.41. The van der Waals surface area contributed by atoms with Crippen LogP contribution in [0.1, 0.15) is 23.8 Å². The molecule has 29 heavy (non-hydrogen) atoms. The minimum atomic E-state index is -0.731. The number of imide groups is 1. The summed E-state index contributed by atoms with van der Waals surface area (Å²) in [5, 5.41) is 2.15. The van der Waals surface area contributed by atoms with Crippen LogP contribution in [0.2, 0.25) is 0 Å². The first-order valence-electron chi connectivity index (χ1n) is 9.05. The number of carbonyl (C=O) groups is 4. The van der Waals surface area contributed by atoms with Gasteiger partial charge in [-0.3, -0.25) is 24.5 Å². The molecule has 1 aliphatic rings. The normalized spacial score (nSPS) is 15.3. The van der Waals surface area contributed by atoms with Gasteiger partial charge in [-0.15, -0.1) is 0 Å². The van der Waals surface area contributed by atoms with Gasteiger partial charge in [-0.2, -0.15) is 0 Å². The van der Waals surface area contributed by atoms with Gasteiger partial charge < -0.3 is 18.9 Å². The zero-order valence-electron chi connectivity index (χ0n) is 16.1. The number of aryl methyl sites for hydroxylation is 1. The number of ether oxygens (including phenoxy) is 2. The van der Waals surface area contributed by atoms with E-state index in [-0.39, 0.29) is 18.9 Å². The Labute approximate surface area is 167 Å². The molecule has 9 heteroatoms. The number of nitrogens with zero attached hydrogens (tertiary/aromatic N) is 2. The minimum absolute atomic E-state index is 0.0896. The molecular weight excluding hydrogens is 378 g/mol. The molecule has 2 aromatic rings. The molecule has 152 valence electrons. The summed E-state index contributed by atoms with van der Waals surface area (Å²) in [6, 6.07) is 10.3. The van der Waals surface area contributed by atoms with Crippen LogP contribution in [0.15, 0.2) is 42.6 Å². The average molecular weight is 399 g/mol. The van der Waals surface area contributed by atoms with Gasteiger partial charge in [0.05, 0.1) is 12.1 Å². The number of aromatic nitrogens is 1. The molecule has 1 unspecified atom stereocenters. The largest absolute Gasteiger partial charge is 0.479 e. The van der Waals surface area contributed by atoms with E-state index in [0.29, 0.717) is 17.1 Å². The molecule has 1 atom stereocenters. The smallest absolute Gasteiger partial charge is 0.308 e. The van der Waals surface area contributed by atoms with Crippen LogP contribution in [0, 0.1) is 0 Å². The van der Waals surface area contributed by atoms with E-state index in [1.807, 2.05) is 0 Å². The zero-order chi connectivity index (χ0) is 21.0. The third-order valence-electron chi connectivity index (χ3n) is 4.41. The molecule has 9 nitrogen and oxygen atoms in total. The van der Waals surface area contributed by atoms with Gasteiger partial charge in [-0.05, 0) is 31.2 Å². The Hall–Kier alpha value is -3.62. The molecule has 0 spiro atoms. The number of esters is 1. The summed E-state index contributed by atoms with van der Waals surface area (Å²) in [4.78, 5) is 49.6. The molecule has 1 aromatic heterocycles. The molecule has 1 aliphatic heterocycles. The van der Waals surface area contributed by atoms with E-state index in [9.17, 15) is 19.2 Å². The number of anilines is 1. The summed E-state index contributed by atoms with van der Waals surface area (Å²) >= 11 is 0. The Morgan fingerprint density at radius 2 is 1.93 bits per heavy atom. The van der Waals surface area contributed by atoms with Crippen LogP contribution in [0.4, 0.5) is 5.69 Å².